The quantitative estimate of drug-likeness (QED) is 0.0262. The Balaban J connectivity index is 4.56. The lowest BCUT2D eigenvalue weighted by molar-refractivity contribution is -0.166. The summed E-state index contributed by atoms with van der Waals surface area (Å²) in [6.45, 7) is 6.31. The van der Waals surface area contributed by atoms with Crippen molar-refractivity contribution in [3.63, 3.8) is 0 Å². The molecule has 0 aliphatic heterocycles. The summed E-state index contributed by atoms with van der Waals surface area (Å²) in [5, 5.41) is 0. The van der Waals surface area contributed by atoms with Gasteiger partial charge in [-0.15, -0.1) is 0 Å². The Bertz CT molecular complexity index is 1440. The molecule has 6 nitrogen and oxygen atoms in total. The topological polar surface area (TPSA) is 78.9 Å². The Morgan fingerprint density at radius 3 is 1.03 bits per heavy atom. The van der Waals surface area contributed by atoms with Gasteiger partial charge in [-0.2, -0.15) is 0 Å². The van der Waals surface area contributed by atoms with E-state index in [1.807, 2.05) is 12.2 Å². The van der Waals surface area contributed by atoms with E-state index in [2.05, 4.69) is 130 Å². The van der Waals surface area contributed by atoms with Gasteiger partial charge in [0.25, 0.3) is 0 Å². The largest absolute Gasteiger partial charge is 0.462 e. The fourth-order valence-corrected chi connectivity index (χ4v) is 6.95. The first-order chi connectivity index (χ1) is 33.0. The van der Waals surface area contributed by atoms with Gasteiger partial charge in [0.1, 0.15) is 13.2 Å². The average molecular weight is 927 g/mol. The van der Waals surface area contributed by atoms with Gasteiger partial charge in [0.2, 0.25) is 0 Å². The minimum atomic E-state index is -0.825. The van der Waals surface area contributed by atoms with E-state index in [0.717, 1.165) is 122 Å². The number of unbranched alkanes of at least 4 members (excludes halogenated alkanes) is 16. The molecule has 0 saturated carbocycles. The zero-order valence-corrected chi connectivity index (χ0v) is 43.1. The molecule has 0 aromatic rings. The summed E-state index contributed by atoms with van der Waals surface area (Å²) in [5.74, 6) is -1.04. The van der Waals surface area contributed by atoms with Gasteiger partial charge < -0.3 is 14.2 Å². The van der Waals surface area contributed by atoms with Crippen LogP contribution < -0.4 is 0 Å². The molecule has 1 unspecified atom stereocenters. The Hall–Kier alpha value is -4.19. The van der Waals surface area contributed by atoms with Crippen molar-refractivity contribution in [3.05, 3.63) is 122 Å². The van der Waals surface area contributed by atoms with Crippen LogP contribution in [-0.4, -0.2) is 37.2 Å². The molecule has 378 valence electrons. The molecular weight excluding hydrogens is 829 g/mol. The molecule has 0 bridgehead atoms. The van der Waals surface area contributed by atoms with Crippen LogP contribution in [-0.2, 0) is 28.6 Å². The van der Waals surface area contributed by atoms with Crippen LogP contribution in [0.15, 0.2) is 122 Å². The van der Waals surface area contributed by atoms with Crippen LogP contribution in [0.5, 0.6) is 0 Å². The van der Waals surface area contributed by atoms with E-state index in [1.165, 1.54) is 57.8 Å². The highest BCUT2D eigenvalue weighted by atomic mass is 16.6. The maximum absolute atomic E-state index is 12.8. The highest BCUT2D eigenvalue weighted by Gasteiger charge is 2.19. The molecule has 6 heteroatoms. The molecular formula is C61H98O6. The SMILES string of the molecule is CC/C=C\C/C=C\C/C=C\C/C=C\C/C=C\C/C=C\CCC(=O)OCC(COC(=O)CCCCC/C=C\CCCCCCCCC)OC(=O)CCCCCCCC/C=C\C/C=C\C/C=C\CC. The molecule has 0 fully saturated rings. The van der Waals surface area contributed by atoms with E-state index < -0.39 is 6.10 Å². The first-order valence-corrected chi connectivity index (χ1v) is 27.0. The molecule has 67 heavy (non-hydrogen) atoms. The average Bonchev–Trinajstić information content (AvgIpc) is 3.33. The van der Waals surface area contributed by atoms with E-state index in [-0.39, 0.29) is 37.5 Å². The van der Waals surface area contributed by atoms with Crippen molar-refractivity contribution in [1.82, 2.24) is 0 Å². The summed E-state index contributed by atoms with van der Waals surface area (Å²) >= 11 is 0. The van der Waals surface area contributed by atoms with Gasteiger partial charge in [-0.3, -0.25) is 14.4 Å². The zero-order chi connectivity index (χ0) is 48.6. The van der Waals surface area contributed by atoms with Crippen molar-refractivity contribution in [2.24, 2.45) is 0 Å². The Morgan fingerprint density at radius 1 is 0.313 bits per heavy atom. The van der Waals surface area contributed by atoms with Crippen LogP contribution in [0.4, 0.5) is 0 Å². The van der Waals surface area contributed by atoms with Gasteiger partial charge in [0.05, 0.1) is 0 Å². The van der Waals surface area contributed by atoms with Gasteiger partial charge >= 0.3 is 17.9 Å². The summed E-state index contributed by atoms with van der Waals surface area (Å²) in [4.78, 5) is 38.0. The normalized spacial score (nSPS) is 13.1. The molecule has 0 aromatic carbocycles. The van der Waals surface area contributed by atoms with Crippen LogP contribution in [0.3, 0.4) is 0 Å². The van der Waals surface area contributed by atoms with Crippen molar-refractivity contribution < 1.29 is 28.6 Å². The highest BCUT2D eigenvalue weighted by Crippen LogP contribution is 2.13. The summed E-state index contributed by atoms with van der Waals surface area (Å²) in [6, 6.07) is 0. The monoisotopic (exact) mass is 927 g/mol. The second kappa shape index (κ2) is 54.4. The van der Waals surface area contributed by atoms with E-state index >= 15 is 0 Å². The molecule has 0 spiro atoms. The van der Waals surface area contributed by atoms with E-state index in [4.69, 9.17) is 14.2 Å². The summed E-state index contributed by atoms with van der Waals surface area (Å²) in [7, 11) is 0. The minimum Gasteiger partial charge on any atom is -0.462 e. The molecule has 0 aromatic heterocycles. The molecule has 0 aliphatic rings. The molecule has 1 atom stereocenters. The van der Waals surface area contributed by atoms with Gasteiger partial charge in [-0.25, -0.2) is 0 Å². The second-order valence-corrected chi connectivity index (χ2v) is 17.4. The molecule has 0 N–H and O–H groups in total. The third-order valence-corrected chi connectivity index (χ3v) is 10.9. The first kappa shape index (κ1) is 62.8. The van der Waals surface area contributed by atoms with Crippen molar-refractivity contribution >= 4 is 17.9 Å². The Kier molecular flexibility index (Phi) is 51.0. The van der Waals surface area contributed by atoms with Gasteiger partial charge in [0.15, 0.2) is 6.10 Å². The number of hydrogen-bond acceptors (Lipinski definition) is 6. The lowest BCUT2D eigenvalue weighted by atomic mass is 10.1. The minimum absolute atomic E-state index is 0.118. The Morgan fingerprint density at radius 2 is 0.612 bits per heavy atom. The molecule has 0 amide bonds. The summed E-state index contributed by atoms with van der Waals surface area (Å²) in [5.41, 5.74) is 0. The fourth-order valence-electron chi connectivity index (χ4n) is 6.95. The summed E-state index contributed by atoms with van der Waals surface area (Å²) < 4.78 is 16.7. The summed E-state index contributed by atoms with van der Waals surface area (Å²) in [6.07, 6.45) is 74.8. The van der Waals surface area contributed by atoms with E-state index in [9.17, 15) is 14.4 Å². The van der Waals surface area contributed by atoms with Crippen molar-refractivity contribution in [3.8, 4) is 0 Å². The van der Waals surface area contributed by atoms with Crippen molar-refractivity contribution in [1.29, 1.82) is 0 Å². The third-order valence-electron chi connectivity index (χ3n) is 10.9. The highest BCUT2D eigenvalue weighted by molar-refractivity contribution is 5.71. The Labute approximate surface area is 412 Å². The number of carbonyl (C=O) groups excluding carboxylic acids is 3. The van der Waals surface area contributed by atoms with Crippen LogP contribution in [0.25, 0.3) is 0 Å². The standard InChI is InChI=1S/C61H98O6/c1-4-7-10-13-16-19-22-25-28-30-31-32-34-36-39-42-45-48-51-54-60(63)66-57-58(56-65-59(62)53-50-47-44-41-38-35-27-24-21-18-15-12-9-6-3)67-61(64)55-52-49-46-43-40-37-33-29-26-23-20-17-14-11-8-5-2/h7-8,10-11,16-17,19-20,25-26,28-29,31-32,35-36,38-39,45,48,58H,4-6,9,12-15,18,21-24,27,30,33-34,37,40-44,46-47,49-57H2,1-3H3/b10-7-,11-8-,19-16-,20-17-,28-25-,29-26-,32-31-,38-35-,39-36-,48-45-. The third kappa shape index (κ3) is 52.6. The van der Waals surface area contributed by atoms with Gasteiger partial charge in [0, 0.05) is 19.3 Å². The van der Waals surface area contributed by atoms with Crippen LogP contribution in [0.1, 0.15) is 226 Å². The van der Waals surface area contributed by atoms with Crippen LogP contribution >= 0.6 is 0 Å². The lowest BCUT2D eigenvalue weighted by Crippen LogP contribution is -2.30. The number of esters is 3. The number of rotatable bonds is 47. The fraction of sp³-hybridized carbons (Fsp3) is 0.623. The van der Waals surface area contributed by atoms with E-state index in [0.29, 0.717) is 19.3 Å². The number of hydrogen-bond donors (Lipinski definition) is 0. The van der Waals surface area contributed by atoms with E-state index in [1.54, 1.807) is 0 Å². The van der Waals surface area contributed by atoms with Crippen LogP contribution in [0.2, 0.25) is 0 Å². The predicted molar refractivity (Wildman–Crippen MR) is 288 cm³/mol. The first-order valence-electron chi connectivity index (χ1n) is 27.0. The smallest absolute Gasteiger partial charge is 0.306 e. The number of allylic oxidation sites excluding steroid dienone is 20. The molecule has 0 heterocycles. The number of ether oxygens (including phenoxy) is 3. The number of carbonyl (C=O) groups is 3. The van der Waals surface area contributed by atoms with Gasteiger partial charge in [-0.05, 0) is 116 Å². The zero-order valence-electron chi connectivity index (χ0n) is 43.1. The maximum Gasteiger partial charge on any atom is 0.306 e. The second-order valence-electron chi connectivity index (χ2n) is 17.4. The van der Waals surface area contributed by atoms with Crippen molar-refractivity contribution in [2.75, 3.05) is 13.2 Å². The predicted octanol–water partition coefficient (Wildman–Crippen LogP) is 18.1. The molecule has 0 aliphatic carbocycles. The van der Waals surface area contributed by atoms with Crippen molar-refractivity contribution in [2.45, 2.75) is 232 Å². The van der Waals surface area contributed by atoms with Crippen LogP contribution in [0, 0.1) is 0 Å². The van der Waals surface area contributed by atoms with Gasteiger partial charge in [-0.1, -0.05) is 213 Å². The maximum atomic E-state index is 12.8. The molecule has 0 radical (unpaired) electrons. The molecule has 0 saturated heterocycles. The lowest BCUT2D eigenvalue weighted by Gasteiger charge is -2.18. The molecule has 0 rings (SSSR count).